The molecule has 0 aliphatic heterocycles. The first-order valence-electron chi connectivity index (χ1n) is 5.84. The van der Waals surface area contributed by atoms with E-state index >= 15 is 0 Å². The maximum absolute atomic E-state index is 12.6. The number of alkyl halides is 3. The zero-order valence-electron chi connectivity index (χ0n) is 10.7. The van der Waals surface area contributed by atoms with E-state index in [9.17, 15) is 13.2 Å². The van der Waals surface area contributed by atoms with Crippen molar-refractivity contribution in [2.24, 2.45) is 5.73 Å². The summed E-state index contributed by atoms with van der Waals surface area (Å²) in [4.78, 5) is 0. The summed E-state index contributed by atoms with van der Waals surface area (Å²) >= 11 is 0. The van der Waals surface area contributed by atoms with Crippen LogP contribution in [0.2, 0.25) is 0 Å². The molecular formula is C15H16F3N. The summed E-state index contributed by atoms with van der Waals surface area (Å²) < 4.78 is 37.7. The minimum atomic E-state index is -4.34. The van der Waals surface area contributed by atoms with Crippen LogP contribution in [0.25, 0.3) is 5.57 Å². The molecule has 2 N–H and O–H groups in total. The van der Waals surface area contributed by atoms with Gasteiger partial charge >= 0.3 is 6.18 Å². The average Bonchev–Trinajstić information content (AvgIpc) is 2.37. The van der Waals surface area contributed by atoms with Crippen molar-refractivity contribution < 1.29 is 13.2 Å². The number of rotatable bonds is 4. The van der Waals surface area contributed by atoms with Crippen LogP contribution in [0.3, 0.4) is 0 Å². The van der Waals surface area contributed by atoms with Crippen LogP contribution in [-0.2, 0) is 6.18 Å². The highest BCUT2D eigenvalue weighted by Crippen LogP contribution is 2.30. The third-order valence-electron chi connectivity index (χ3n) is 2.58. The fourth-order valence-electron chi connectivity index (χ4n) is 1.40. The van der Waals surface area contributed by atoms with Gasteiger partial charge in [0.2, 0.25) is 0 Å². The second kappa shape index (κ2) is 6.27. The monoisotopic (exact) mass is 267 g/mol. The molecule has 0 saturated carbocycles. The maximum Gasteiger partial charge on any atom is 0.416 e. The minimum Gasteiger partial charge on any atom is -0.402 e. The van der Waals surface area contributed by atoms with Crippen molar-refractivity contribution in [2.45, 2.75) is 19.5 Å². The molecule has 1 aromatic rings. The standard InChI is InChI=1S/C15H16F3N/c1-3-14(19)9-4-6-11(2)12-7-5-8-13(10-12)15(16,17)18/h4-10H,2-3,19H2,1H3/b6-4-,14-9+. The fraction of sp³-hybridized carbons (Fsp3) is 0.200. The molecule has 0 unspecified atom stereocenters. The van der Waals surface area contributed by atoms with Gasteiger partial charge in [-0.2, -0.15) is 13.2 Å². The molecule has 0 aromatic heterocycles. The largest absolute Gasteiger partial charge is 0.416 e. The fourth-order valence-corrected chi connectivity index (χ4v) is 1.40. The molecule has 4 heteroatoms. The molecule has 0 bridgehead atoms. The molecular weight excluding hydrogens is 251 g/mol. The molecule has 0 spiro atoms. The average molecular weight is 267 g/mol. The molecule has 0 fully saturated rings. The summed E-state index contributed by atoms with van der Waals surface area (Å²) in [6.07, 6.45) is 1.41. The van der Waals surface area contributed by atoms with Gasteiger partial charge in [0.25, 0.3) is 0 Å². The van der Waals surface area contributed by atoms with E-state index in [0.29, 0.717) is 16.8 Å². The normalized spacial score (nSPS) is 12.9. The summed E-state index contributed by atoms with van der Waals surface area (Å²) in [6, 6.07) is 5.08. The van der Waals surface area contributed by atoms with E-state index in [-0.39, 0.29) is 0 Å². The Kier molecular flexibility index (Phi) is 4.98. The lowest BCUT2D eigenvalue weighted by molar-refractivity contribution is -0.137. The van der Waals surface area contributed by atoms with Crippen molar-refractivity contribution in [1.82, 2.24) is 0 Å². The first-order chi connectivity index (χ1) is 8.84. The van der Waals surface area contributed by atoms with E-state index in [2.05, 4.69) is 6.58 Å². The lowest BCUT2D eigenvalue weighted by Gasteiger charge is -2.08. The van der Waals surface area contributed by atoms with Crippen LogP contribution in [0.15, 0.2) is 54.8 Å². The topological polar surface area (TPSA) is 26.0 Å². The van der Waals surface area contributed by atoms with Gasteiger partial charge in [-0.3, -0.25) is 0 Å². The molecule has 19 heavy (non-hydrogen) atoms. The Morgan fingerprint density at radius 3 is 2.63 bits per heavy atom. The van der Waals surface area contributed by atoms with Gasteiger partial charge in [0, 0.05) is 5.70 Å². The molecule has 0 saturated heterocycles. The Balaban J connectivity index is 2.90. The van der Waals surface area contributed by atoms with Crippen LogP contribution >= 0.6 is 0 Å². The van der Waals surface area contributed by atoms with Gasteiger partial charge in [-0.15, -0.1) is 0 Å². The summed E-state index contributed by atoms with van der Waals surface area (Å²) in [7, 11) is 0. The third kappa shape index (κ3) is 4.66. The van der Waals surface area contributed by atoms with Crippen molar-refractivity contribution in [3.05, 3.63) is 65.9 Å². The van der Waals surface area contributed by atoms with E-state index < -0.39 is 11.7 Å². The summed E-state index contributed by atoms with van der Waals surface area (Å²) in [5, 5.41) is 0. The van der Waals surface area contributed by atoms with Gasteiger partial charge in [0.15, 0.2) is 0 Å². The maximum atomic E-state index is 12.6. The number of hydrogen-bond donors (Lipinski definition) is 1. The molecule has 0 atom stereocenters. The summed E-state index contributed by atoms with van der Waals surface area (Å²) in [5.74, 6) is 0. The molecule has 0 heterocycles. The Morgan fingerprint density at radius 2 is 2.05 bits per heavy atom. The highest BCUT2D eigenvalue weighted by atomic mass is 19.4. The predicted molar refractivity (Wildman–Crippen MR) is 72.2 cm³/mol. The highest BCUT2D eigenvalue weighted by molar-refractivity contribution is 5.72. The predicted octanol–water partition coefficient (Wildman–Crippen LogP) is 4.53. The van der Waals surface area contributed by atoms with E-state index in [1.165, 1.54) is 6.07 Å². The number of halogens is 3. The first-order valence-corrected chi connectivity index (χ1v) is 5.84. The van der Waals surface area contributed by atoms with Gasteiger partial charge in [-0.25, -0.2) is 0 Å². The van der Waals surface area contributed by atoms with Crippen LogP contribution in [-0.4, -0.2) is 0 Å². The Hall–Kier alpha value is -1.97. The molecule has 102 valence electrons. The zero-order chi connectivity index (χ0) is 14.5. The smallest absolute Gasteiger partial charge is 0.402 e. The molecule has 0 aliphatic rings. The van der Waals surface area contributed by atoms with Gasteiger partial charge in [0.05, 0.1) is 5.56 Å². The van der Waals surface area contributed by atoms with Crippen molar-refractivity contribution in [1.29, 1.82) is 0 Å². The summed E-state index contributed by atoms with van der Waals surface area (Å²) in [5.41, 5.74) is 6.58. The van der Waals surface area contributed by atoms with Crippen LogP contribution in [0.5, 0.6) is 0 Å². The van der Waals surface area contributed by atoms with Gasteiger partial charge in [-0.05, 0) is 35.8 Å². The van der Waals surface area contributed by atoms with Crippen molar-refractivity contribution in [3.8, 4) is 0 Å². The molecule has 1 aromatic carbocycles. The SMILES string of the molecule is C=C(/C=C\C=C(\N)CC)c1cccc(C(F)(F)F)c1. The lowest BCUT2D eigenvalue weighted by Crippen LogP contribution is -2.04. The van der Waals surface area contributed by atoms with Crippen LogP contribution in [0.1, 0.15) is 24.5 Å². The van der Waals surface area contributed by atoms with Crippen molar-refractivity contribution in [3.63, 3.8) is 0 Å². The van der Waals surface area contributed by atoms with Crippen LogP contribution < -0.4 is 5.73 Å². The highest BCUT2D eigenvalue weighted by Gasteiger charge is 2.30. The van der Waals surface area contributed by atoms with E-state index in [4.69, 9.17) is 5.73 Å². The van der Waals surface area contributed by atoms with Crippen LogP contribution in [0.4, 0.5) is 13.2 Å². The first kappa shape index (κ1) is 15.1. The molecule has 0 aliphatic carbocycles. The summed E-state index contributed by atoms with van der Waals surface area (Å²) in [6.45, 7) is 5.66. The number of allylic oxidation sites excluding steroid dienone is 5. The van der Waals surface area contributed by atoms with Crippen molar-refractivity contribution in [2.75, 3.05) is 0 Å². The van der Waals surface area contributed by atoms with Crippen molar-refractivity contribution >= 4 is 5.57 Å². The Morgan fingerprint density at radius 1 is 1.37 bits per heavy atom. The molecule has 1 rings (SSSR count). The molecule has 1 nitrogen and oxygen atoms in total. The van der Waals surface area contributed by atoms with E-state index in [1.807, 2.05) is 6.92 Å². The van der Waals surface area contributed by atoms with Gasteiger partial charge in [-0.1, -0.05) is 37.8 Å². The molecule has 0 radical (unpaired) electrons. The third-order valence-corrected chi connectivity index (χ3v) is 2.58. The molecule has 0 amide bonds. The quantitative estimate of drug-likeness (QED) is 0.797. The second-order valence-electron chi connectivity index (χ2n) is 4.06. The number of benzene rings is 1. The minimum absolute atomic E-state index is 0.439. The van der Waals surface area contributed by atoms with Gasteiger partial charge < -0.3 is 5.73 Å². The van der Waals surface area contributed by atoms with Crippen LogP contribution in [0, 0.1) is 0 Å². The second-order valence-corrected chi connectivity index (χ2v) is 4.06. The van der Waals surface area contributed by atoms with E-state index in [1.54, 1.807) is 24.3 Å². The van der Waals surface area contributed by atoms with Gasteiger partial charge in [0.1, 0.15) is 0 Å². The Bertz CT molecular complexity index is 510. The Labute approximate surface area is 110 Å². The lowest BCUT2D eigenvalue weighted by atomic mass is 10.0. The number of hydrogen-bond acceptors (Lipinski definition) is 1. The number of nitrogens with two attached hydrogens (primary N) is 1. The zero-order valence-corrected chi connectivity index (χ0v) is 10.7. The van der Waals surface area contributed by atoms with E-state index in [0.717, 1.165) is 18.6 Å².